The highest BCUT2D eigenvalue weighted by atomic mass is 16.2. The third-order valence-electron chi connectivity index (χ3n) is 2.67. The molecule has 0 aliphatic carbocycles. The molecule has 1 aromatic heterocycles. The number of aliphatic hydroxyl groups is 1. The van der Waals surface area contributed by atoms with Gasteiger partial charge >= 0.3 is 0 Å². The van der Waals surface area contributed by atoms with Gasteiger partial charge in [0.05, 0.1) is 0 Å². The Hall–Kier alpha value is -1.86. The third kappa shape index (κ3) is 4.19. The molecule has 18 heavy (non-hydrogen) atoms. The molecule has 0 radical (unpaired) electrons. The van der Waals surface area contributed by atoms with Gasteiger partial charge in [0.15, 0.2) is 0 Å². The Bertz CT molecular complexity index is 455. The van der Waals surface area contributed by atoms with Gasteiger partial charge in [0.2, 0.25) is 0 Å². The summed E-state index contributed by atoms with van der Waals surface area (Å²) >= 11 is 0. The Labute approximate surface area is 107 Å². The minimum absolute atomic E-state index is 0.105. The van der Waals surface area contributed by atoms with Gasteiger partial charge in [0.1, 0.15) is 12.3 Å². The Morgan fingerprint density at radius 3 is 2.67 bits per heavy atom. The smallest absolute Gasteiger partial charge is 0.270 e. The second kappa shape index (κ2) is 6.77. The summed E-state index contributed by atoms with van der Waals surface area (Å²) in [5, 5.41) is 11.4. The van der Waals surface area contributed by atoms with Crippen molar-refractivity contribution in [2.75, 3.05) is 6.61 Å². The summed E-state index contributed by atoms with van der Waals surface area (Å²) in [5.74, 6) is 5.45. The van der Waals surface area contributed by atoms with Gasteiger partial charge < -0.3 is 10.4 Å². The van der Waals surface area contributed by atoms with E-state index in [9.17, 15) is 4.79 Å². The lowest BCUT2D eigenvalue weighted by Gasteiger charge is -2.16. The van der Waals surface area contributed by atoms with E-state index in [0.717, 1.165) is 0 Å². The Balaban J connectivity index is 2.70. The molecule has 1 amide bonds. The zero-order valence-electron chi connectivity index (χ0n) is 10.9. The first-order valence-corrected chi connectivity index (χ1v) is 5.91. The van der Waals surface area contributed by atoms with Crippen molar-refractivity contribution < 1.29 is 9.90 Å². The molecule has 0 aliphatic heterocycles. The van der Waals surface area contributed by atoms with E-state index in [1.807, 2.05) is 20.8 Å². The number of nitrogens with one attached hydrogen (secondary N) is 1. The molecule has 96 valence electrons. The molecule has 0 saturated carbocycles. The Morgan fingerprint density at radius 2 is 2.17 bits per heavy atom. The maximum Gasteiger partial charge on any atom is 0.270 e. The molecular weight excluding hydrogens is 228 g/mol. The zero-order valence-corrected chi connectivity index (χ0v) is 10.9. The normalized spacial score (nSPS) is 11.6. The fourth-order valence-electron chi connectivity index (χ4n) is 1.19. The third-order valence-corrected chi connectivity index (χ3v) is 2.67. The summed E-state index contributed by atoms with van der Waals surface area (Å²) in [7, 11) is 0. The van der Waals surface area contributed by atoms with Gasteiger partial charge in [-0.1, -0.05) is 25.7 Å². The van der Waals surface area contributed by atoms with Gasteiger partial charge in [0, 0.05) is 17.8 Å². The first-order chi connectivity index (χ1) is 8.54. The summed E-state index contributed by atoms with van der Waals surface area (Å²) < 4.78 is 0. The van der Waals surface area contributed by atoms with Gasteiger partial charge in [-0.25, -0.2) is 4.98 Å². The summed E-state index contributed by atoms with van der Waals surface area (Å²) in [4.78, 5) is 15.9. The molecule has 1 atom stereocenters. The molecule has 0 spiro atoms. The fourth-order valence-corrected chi connectivity index (χ4v) is 1.19. The van der Waals surface area contributed by atoms with Crippen molar-refractivity contribution in [3.63, 3.8) is 0 Å². The number of aromatic nitrogens is 1. The van der Waals surface area contributed by atoms with Crippen LogP contribution in [0.2, 0.25) is 0 Å². The Morgan fingerprint density at radius 1 is 1.44 bits per heavy atom. The van der Waals surface area contributed by atoms with Crippen LogP contribution >= 0.6 is 0 Å². The lowest BCUT2D eigenvalue weighted by molar-refractivity contribution is 0.0925. The van der Waals surface area contributed by atoms with E-state index in [-0.39, 0.29) is 18.6 Å². The molecule has 4 nitrogen and oxygen atoms in total. The molecule has 1 heterocycles. The summed E-state index contributed by atoms with van der Waals surface area (Å²) in [6, 6.07) is 3.45. The van der Waals surface area contributed by atoms with E-state index in [1.54, 1.807) is 12.1 Å². The van der Waals surface area contributed by atoms with Crippen molar-refractivity contribution >= 4 is 5.91 Å². The van der Waals surface area contributed by atoms with E-state index in [0.29, 0.717) is 17.2 Å². The number of aliphatic hydroxyl groups excluding tert-OH is 1. The monoisotopic (exact) mass is 246 g/mol. The Kier molecular flexibility index (Phi) is 5.34. The van der Waals surface area contributed by atoms with Gasteiger partial charge in [-0.2, -0.15) is 0 Å². The maximum atomic E-state index is 11.8. The average molecular weight is 246 g/mol. The largest absolute Gasteiger partial charge is 0.384 e. The molecule has 0 aliphatic rings. The molecular formula is C14H18N2O2. The van der Waals surface area contributed by atoms with E-state index in [2.05, 4.69) is 22.1 Å². The van der Waals surface area contributed by atoms with Crippen molar-refractivity contribution in [3.05, 3.63) is 29.6 Å². The van der Waals surface area contributed by atoms with E-state index < -0.39 is 0 Å². The highest BCUT2D eigenvalue weighted by Gasteiger charge is 2.13. The van der Waals surface area contributed by atoms with Gasteiger partial charge in [-0.3, -0.25) is 4.79 Å². The first-order valence-electron chi connectivity index (χ1n) is 5.91. The SMILES string of the molecule is CC(C)C(C)NC(=O)c1ccc(C#CCO)cn1. The molecule has 0 bridgehead atoms. The lowest BCUT2D eigenvalue weighted by Crippen LogP contribution is -2.36. The predicted molar refractivity (Wildman–Crippen MR) is 70.0 cm³/mol. The number of amides is 1. The average Bonchev–Trinajstić information content (AvgIpc) is 2.36. The summed E-state index contributed by atoms with van der Waals surface area (Å²) in [6.07, 6.45) is 1.53. The number of hydrogen-bond acceptors (Lipinski definition) is 3. The van der Waals surface area contributed by atoms with Crippen LogP contribution in [0.5, 0.6) is 0 Å². The molecule has 0 saturated heterocycles. The summed E-state index contributed by atoms with van der Waals surface area (Å²) in [5.41, 5.74) is 1.05. The molecule has 1 rings (SSSR count). The zero-order chi connectivity index (χ0) is 13.5. The van der Waals surface area contributed by atoms with Crippen molar-refractivity contribution in [2.45, 2.75) is 26.8 Å². The van der Waals surface area contributed by atoms with Crippen LogP contribution < -0.4 is 5.32 Å². The van der Waals surface area contributed by atoms with Crippen LogP contribution in [0.15, 0.2) is 18.3 Å². The van der Waals surface area contributed by atoms with Crippen molar-refractivity contribution in [2.24, 2.45) is 5.92 Å². The quantitative estimate of drug-likeness (QED) is 0.788. The number of pyridine rings is 1. The van der Waals surface area contributed by atoms with E-state index in [1.165, 1.54) is 6.20 Å². The van der Waals surface area contributed by atoms with Gasteiger partial charge in [-0.05, 0) is 25.0 Å². The molecule has 4 heteroatoms. The van der Waals surface area contributed by atoms with Crippen molar-refractivity contribution in [1.29, 1.82) is 0 Å². The number of hydrogen-bond donors (Lipinski definition) is 2. The predicted octanol–water partition coefficient (Wildman–Crippen LogP) is 1.20. The minimum Gasteiger partial charge on any atom is -0.384 e. The van der Waals surface area contributed by atoms with E-state index in [4.69, 9.17) is 5.11 Å². The fraction of sp³-hybridized carbons (Fsp3) is 0.429. The minimum atomic E-state index is -0.186. The second-order valence-electron chi connectivity index (χ2n) is 4.40. The lowest BCUT2D eigenvalue weighted by atomic mass is 10.1. The molecule has 1 aromatic rings. The molecule has 0 aromatic carbocycles. The molecule has 0 fully saturated rings. The number of carbonyl (C=O) groups is 1. The van der Waals surface area contributed by atoms with Crippen molar-refractivity contribution in [3.8, 4) is 11.8 Å². The van der Waals surface area contributed by atoms with E-state index >= 15 is 0 Å². The second-order valence-corrected chi connectivity index (χ2v) is 4.40. The van der Waals surface area contributed by atoms with Gasteiger partial charge in [-0.15, -0.1) is 0 Å². The van der Waals surface area contributed by atoms with Crippen LogP contribution in [0.25, 0.3) is 0 Å². The van der Waals surface area contributed by atoms with Crippen LogP contribution in [0, 0.1) is 17.8 Å². The van der Waals surface area contributed by atoms with Crippen LogP contribution in [-0.4, -0.2) is 28.6 Å². The molecule has 1 unspecified atom stereocenters. The highest BCUT2D eigenvalue weighted by molar-refractivity contribution is 5.92. The van der Waals surface area contributed by atoms with Crippen LogP contribution in [0.1, 0.15) is 36.8 Å². The van der Waals surface area contributed by atoms with Crippen LogP contribution in [0.4, 0.5) is 0 Å². The van der Waals surface area contributed by atoms with Gasteiger partial charge in [0.25, 0.3) is 5.91 Å². The van der Waals surface area contributed by atoms with Crippen LogP contribution in [0.3, 0.4) is 0 Å². The van der Waals surface area contributed by atoms with Crippen LogP contribution in [-0.2, 0) is 0 Å². The first kappa shape index (κ1) is 14.2. The molecule has 2 N–H and O–H groups in total. The maximum absolute atomic E-state index is 11.8. The highest BCUT2D eigenvalue weighted by Crippen LogP contribution is 2.03. The standard InChI is InChI=1S/C14H18N2O2/c1-10(2)11(3)16-14(18)13-7-6-12(9-15-13)5-4-8-17/h6-7,9-11,17H,8H2,1-3H3,(H,16,18). The number of carbonyl (C=O) groups excluding carboxylic acids is 1. The number of rotatable bonds is 3. The summed E-state index contributed by atoms with van der Waals surface area (Å²) in [6.45, 7) is 5.87. The van der Waals surface area contributed by atoms with Crippen molar-refractivity contribution in [1.82, 2.24) is 10.3 Å². The topological polar surface area (TPSA) is 62.2 Å². The number of nitrogens with zero attached hydrogens (tertiary/aromatic N) is 1.